The SMILES string of the molecule is CCOC(=O)N1CCN(CCC(=O)C=Cc2ccc(Cl)cc2)CC1. The zero-order valence-corrected chi connectivity index (χ0v) is 14.7. The van der Waals surface area contributed by atoms with Crippen LogP contribution in [0.5, 0.6) is 0 Å². The molecule has 1 amide bonds. The third-order valence-electron chi connectivity index (χ3n) is 3.90. The zero-order chi connectivity index (χ0) is 17.4. The number of allylic oxidation sites excluding steroid dienone is 1. The van der Waals surface area contributed by atoms with Crippen molar-refractivity contribution in [3.8, 4) is 0 Å². The normalized spacial score (nSPS) is 15.7. The number of carbonyl (C=O) groups is 2. The lowest BCUT2D eigenvalue weighted by Crippen LogP contribution is -2.49. The van der Waals surface area contributed by atoms with Gasteiger partial charge in [-0.3, -0.25) is 9.69 Å². The van der Waals surface area contributed by atoms with E-state index in [1.807, 2.05) is 12.1 Å². The van der Waals surface area contributed by atoms with Crippen LogP contribution < -0.4 is 0 Å². The van der Waals surface area contributed by atoms with Crippen LogP contribution in [-0.4, -0.2) is 61.0 Å². The van der Waals surface area contributed by atoms with Gasteiger partial charge in [-0.05, 0) is 30.7 Å². The Balaban J connectivity index is 1.69. The maximum atomic E-state index is 12.0. The predicted molar refractivity (Wildman–Crippen MR) is 95.1 cm³/mol. The van der Waals surface area contributed by atoms with Gasteiger partial charge < -0.3 is 9.64 Å². The molecule has 130 valence electrons. The van der Waals surface area contributed by atoms with Crippen molar-refractivity contribution in [3.63, 3.8) is 0 Å². The van der Waals surface area contributed by atoms with Gasteiger partial charge in [-0.1, -0.05) is 29.8 Å². The summed E-state index contributed by atoms with van der Waals surface area (Å²) in [6, 6.07) is 7.35. The highest BCUT2D eigenvalue weighted by molar-refractivity contribution is 6.30. The first-order valence-corrected chi connectivity index (χ1v) is 8.57. The first kappa shape index (κ1) is 18.5. The fourth-order valence-corrected chi connectivity index (χ4v) is 2.61. The van der Waals surface area contributed by atoms with Gasteiger partial charge in [-0.25, -0.2) is 4.79 Å². The van der Waals surface area contributed by atoms with E-state index in [1.54, 1.807) is 36.1 Å². The van der Waals surface area contributed by atoms with Crippen molar-refractivity contribution in [1.29, 1.82) is 0 Å². The van der Waals surface area contributed by atoms with Gasteiger partial charge in [0.1, 0.15) is 0 Å². The number of ether oxygens (including phenoxy) is 1. The van der Waals surface area contributed by atoms with E-state index in [0.29, 0.717) is 37.7 Å². The number of hydrogen-bond acceptors (Lipinski definition) is 4. The summed E-state index contributed by atoms with van der Waals surface area (Å²) in [5, 5.41) is 0.681. The van der Waals surface area contributed by atoms with Gasteiger partial charge >= 0.3 is 6.09 Å². The molecule has 1 aliphatic rings. The van der Waals surface area contributed by atoms with Crippen molar-refractivity contribution < 1.29 is 14.3 Å². The molecule has 0 aliphatic carbocycles. The highest BCUT2D eigenvalue weighted by Crippen LogP contribution is 2.11. The number of ketones is 1. The number of carbonyl (C=O) groups excluding carboxylic acids is 2. The zero-order valence-electron chi connectivity index (χ0n) is 13.9. The lowest BCUT2D eigenvalue weighted by atomic mass is 10.1. The lowest BCUT2D eigenvalue weighted by molar-refractivity contribution is -0.115. The van der Waals surface area contributed by atoms with Gasteiger partial charge in [0.05, 0.1) is 6.61 Å². The number of halogens is 1. The van der Waals surface area contributed by atoms with E-state index in [0.717, 1.165) is 18.7 Å². The summed E-state index contributed by atoms with van der Waals surface area (Å²) >= 11 is 5.83. The van der Waals surface area contributed by atoms with Crippen LogP contribution in [0, 0.1) is 0 Å². The number of rotatable bonds is 6. The van der Waals surface area contributed by atoms with Crippen LogP contribution in [0.15, 0.2) is 30.3 Å². The summed E-state index contributed by atoms with van der Waals surface area (Å²) in [6.07, 6.45) is 3.64. The Kier molecular flexibility index (Phi) is 7.28. The molecule has 6 heteroatoms. The van der Waals surface area contributed by atoms with Crippen LogP contribution >= 0.6 is 11.6 Å². The van der Waals surface area contributed by atoms with Gasteiger partial charge in [0.15, 0.2) is 5.78 Å². The quantitative estimate of drug-likeness (QED) is 0.740. The predicted octanol–water partition coefficient (Wildman–Crippen LogP) is 3.09. The summed E-state index contributed by atoms with van der Waals surface area (Å²) in [5.74, 6) is 0.0952. The van der Waals surface area contributed by atoms with Crippen molar-refractivity contribution in [2.45, 2.75) is 13.3 Å². The average molecular weight is 351 g/mol. The maximum absolute atomic E-state index is 12.0. The Morgan fingerprint density at radius 3 is 2.46 bits per heavy atom. The van der Waals surface area contributed by atoms with Crippen LogP contribution in [0.2, 0.25) is 5.02 Å². The second kappa shape index (κ2) is 9.45. The number of amides is 1. The smallest absolute Gasteiger partial charge is 0.409 e. The summed E-state index contributed by atoms with van der Waals surface area (Å²) < 4.78 is 4.99. The topological polar surface area (TPSA) is 49.9 Å². The molecule has 1 aromatic rings. The molecule has 0 aromatic heterocycles. The Bertz CT molecular complexity index is 578. The minimum absolute atomic E-state index is 0.0952. The molecule has 1 aromatic carbocycles. The minimum atomic E-state index is -0.251. The first-order chi connectivity index (χ1) is 11.6. The molecule has 1 aliphatic heterocycles. The van der Waals surface area contributed by atoms with Crippen LogP contribution in [0.25, 0.3) is 6.08 Å². The monoisotopic (exact) mass is 350 g/mol. The molecule has 0 unspecified atom stereocenters. The highest BCUT2D eigenvalue weighted by atomic mass is 35.5. The van der Waals surface area contributed by atoms with Crippen molar-refractivity contribution in [1.82, 2.24) is 9.80 Å². The molecule has 0 spiro atoms. The molecule has 0 saturated carbocycles. The van der Waals surface area contributed by atoms with Crippen LogP contribution in [0.4, 0.5) is 4.79 Å². The van der Waals surface area contributed by atoms with Gasteiger partial charge in [0, 0.05) is 44.2 Å². The van der Waals surface area contributed by atoms with Crippen LogP contribution in [0.1, 0.15) is 18.9 Å². The Morgan fingerprint density at radius 1 is 1.17 bits per heavy atom. The molecule has 0 atom stereocenters. The van der Waals surface area contributed by atoms with Crippen LogP contribution in [-0.2, 0) is 9.53 Å². The van der Waals surface area contributed by atoms with Crippen molar-refractivity contribution >= 4 is 29.6 Å². The van der Waals surface area contributed by atoms with Gasteiger partial charge in [0.25, 0.3) is 0 Å². The number of hydrogen-bond donors (Lipinski definition) is 0. The van der Waals surface area contributed by atoms with E-state index >= 15 is 0 Å². The average Bonchev–Trinajstić information content (AvgIpc) is 2.60. The van der Waals surface area contributed by atoms with Gasteiger partial charge in [-0.2, -0.15) is 0 Å². The molecule has 1 fully saturated rings. The largest absolute Gasteiger partial charge is 0.450 e. The fraction of sp³-hybridized carbons (Fsp3) is 0.444. The summed E-state index contributed by atoms with van der Waals surface area (Å²) in [4.78, 5) is 27.5. The molecule has 1 saturated heterocycles. The molecule has 2 rings (SSSR count). The molecule has 0 bridgehead atoms. The second-order valence-corrected chi connectivity index (χ2v) is 6.07. The molecule has 5 nitrogen and oxygen atoms in total. The minimum Gasteiger partial charge on any atom is -0.450 e. The molecule has 1 heterocycles. The second-order valence-electron chi connectivity index (χ2n) is 5.63. The van der Waals surface area contributed by atoms with Crippen molar-refractivity contribution in [2.24, 2.45) is 0 Å². The molecular formula is C18H23ClN2O3. The van der Waals surface area contributed by atoms with E-state index < -0.39 is 0 Å². The maximum Gasteiger partial charge on any atom is 0.409 e. The lowest BCUT2D eigenvalue weighted by Gasteiger charge is -2.33. The third-order valence-corrected chi connectivity index (χ3v) is 4.16. The molecule has 0 N–H and O–H groups in total. The van der Waals surface area contributed by atoms with E-state index in [4.69, 9.17) is 16.3 Å². The van der Waals surface area contributed by atoms with E-state index in [9.17, 15) is 9.59 Å². The standard InChI is InChI=1S/C18H23ClN2O3/c1-2-24-18(23)21-13-11-20(12-14-21)10-9-17(22)8-5-15-3-6-16(19)7-4-15/h3-8H,2,9-14H2,1H3. The summed E-state index contributed by atoms with van der Waals surface area (Å²) in [7, 11) is 0. The number of nitrogens with zero attached hydrogens (tertiary/aromatic N) is 2. The van der Waals surface area contributed by atoms with Crippen molar-refractivity contribution in [3.05, 3.63) is 40.9 Å². The number of benzene rings is 1. The van der Waals surface area contributed by atoms with E-state index in [2.05, 4.69) is 4.90 Å². The number of piperazine rings is 1. The van der Waals surface area contributed by atoms with Crippen molar-refractivity contribution in [2.75, 3.05) is 39.3 Å². The molecule has 0 radical (unpaired) electrons. The molecular weight excluding hydrogens is 328 g/mol. The fourth-order valence-electron chi connectivity index (χ4n) is 2.48. The van der Waals surface area contributed by atoms with Gasteiger partial charge in [-0.15, -0.1) is 0 Å². The van der Waals surface area contributed by atoms with Crippen LogP contribution in [0.3, 0.4) is 0 Å². The van der Waals surface area contributed by atoms with E-state index in [-0.39, 0.29) is 11.9 Å². The first-order valence-electron chi connectivity index (χ1n) is 8.19. The Labute approximate surface area is 147 Å². The Hall–Kier alpha value is -1.85. The molecule has 24 heavy (non-hydrogen) atoms. The Morgan fingerprint density at radius 2 is 1.83 bits per heavy atom. The van der Waals surface area contributed by atoms with Gasteiger partial charge in [0.2, 0.25) is 0 Å². The van der Waals surface area contributed by atoms with E-state index in [1.165, 1.54) is 0 Å². The summed E-state index contributed by atoms with van der Waals surface area (Å²) in [6.45, 7) is 5.74. The third kappa shape index (κ3) is 5.98. The highest BCUT2D eigenvalue weighted by Gasteiger charge is 2.21. The summed E-state index contributed by atoms with van der Waals surface area (Å²) in [5.41, 5.74) is 0.954.